The second-order valence-electron chi connectivity index (χ2n) is 4.72. The van der Waals surface area contributed by atoms with E-state index in [-0.39, 0.29) is 11.6 Å². The number of thiophene rings is 1. The van der Waals surface area contributed by atoms with E-state index in [0.717, 1.165) is 15.0 Å². The third-order valence-electron chi connectivity index (χ3n) is 3.15. The van der Waals surface area contributed by atoms with Crippen LogP contribution in [0.4, 0.5) is 0 Å². The van der Waals surface area contributed by atoms with E-state index in [2.05, 4.69) is 9.71 Å². The van der Waals surface area contributed by atoms with E-state index in [1.807, 2.05) is 30.3 Å². The molecule has 3 rings (SSSR count). The predicted molar refractivity (Wildman–Crippen MR) is 86.2 cm³/mol. The van der Waals surface area contributed by atoms with Crippen LogP contribution < -0.4 is 4.72 Å². The lowest BCUT2D eigenvalue weighted by Crippen LogP contribution is -2.28. The van der Waals surface area contributed by atoms with Crippen molar-refractivity contribution in [2.24, 2.45) is 0 Å². The van der Waals surface area contributed by atoms with Crippen LogP contribution in [0.25, 0.3) is 10.1 Å². The fourth-order valence-electron chi connectivity index (χ4n) is 2.04. The first-order chi connectivity index (χ1) is 10.6. The molecule has 0 aliphatic rings. The van der Waals surface area contributed by atoms with Crippen molar-refractivity contribution < 1.29 is 13.5 Å². The zero-order chi connectivity index (χ0) is 15.6. The van der Waals surface area contributed by atoms with Gasteiger partial charge >= 0.3 is 0 Å². The molecule has 0 aliphatic carbocycles. The fourth-order valence-corrected chi connectivity index (χ4v) is 4.07. The maximum absolute atomic E-state index is 12.1. The monoisotopic (exact) mass is 334 g/mol. The molecule has 0 aliphatic heterocycles. The van der Waals surface area contributed by atoms with Crippen molar-refractivity contribution >= 4 is 31.4 Å². The molecule has 5 nitrogen and oxygen atoms in total. The van der Waals surface area contributed by atoms with Crippen molar-refractivity contribution in [2.45, 2.75) is 11.1 Å². The van der Waals surface area contributed by atoms with Crippen LogP contribution in [0.3, 0.4) is 0 Å². The molecular weight excluding hydrogens is 320 g/mol. The smallest absolute Gasteiger partial charge is 0.258 e. The molecule has 0 amide bonds. The maximum Gasteiger partial charge on any atom is 0.258 e. The fraction of sp³-hybridized carbons (Fsp3) is 0.133. The Labute approximate surface area is 132 Å². The van der Waals surface area contributed by atoms with Gasteiger partial charge in [-0.15, -0.1) is 11.3 Å². The molecule has 0 saturated heterocycles. The van der Waals surface area contributed by atoms with Gasteiger partial charge in [-0.05, 0) is 29.7 Å². The first-order valence-electron chi connectivity index (χ1n) is 6.63. The van der Waals surface area contributed by atoms with Crippen LogP contribution >= 0.6 is 11.3 Å². The second kappa shape index (κ2) is 6.13. The molecule has 0 fully saturated rings. The van der Waals surface area contributed by atoms with E-state index in [4.69, 9.17) is 0 Å². The number of hydrogen-bond donors (Lipinski definition) is 2. The van der Waals surface area contributed by atoms with Gasteiger partial charge in [0, 0.05) is 22.3 Å². The van der Waals surface area contributed by atoms with Crippen molar-refractivity contribution in [2.75, 3.05) is 6.54 Å². The molecule has 0 bridgehead atoms. The van der Waals surface area contributed by atoms with E-state index < -0.39 is 16.1 Å². The highest BCUT2D eigenvalue weighted by molar-refractivity contribution is 7.89. The quantitative estimate of drug-likeness (QED) is 0.750. The normalized spacial score (nSPS) is 13.3. The van der Waals surface area contributed by atoms with Crippen molar-refractivity contribution in [3.05, 3.63) is 59.6 Å². The Bertz CT molecular complexity index is 843. The van der Waals surface area contributed by atoms with Crippen LogP contribution in [-0.4, -0.2) is 25.1 Å². The van der Waals surface area contributed by atoms with Gasteiger partial charge in [0.15, 0.2) is 5.03 Å². The Morgan fingerprint density at radius 3 is 2.68 bits per heavy atom. The van der Waals surface area contributed by atoms with Gasteiger partial charge in [0.1, 0.15) is 6.10 Å². The van der Waals surface area contributed by atoms with Gasteiger partial charge in [-0.25, -0.2) is 18.1 Å². The molecule has 3 aromatic rings. The van der Waals surface area contributed by atoms with Gasteiger partial charge in [0.2, 0.25) is 0 Å². The molecular formula is C15H14N2O3S2. The summed E-state index contributed by atoms with van der Waals surface area (Å²) in [6.45, 7) is -0.0915. The average Bonchev–Trinajstić information content (AvgIpc) is 2.98. The highest BCUT2D eigenvalue weighted by atomic mass is 32.2. The number of nitrogens with zero attached hydrogens (tertiary/aromatic N) is 1. The largest absolute Gasteiger partial charge is 0.386 e. The van der Waals surface area contributed by atoms with E-state index in [1.54, 1.807) is 12.1 Å². The van der Waals surface area contributed by atoms with Gasteiger partial charge in [0.25, 0.3) is 10.0 Å². The number of hydrogen-bond acceptors (Lipinski definition) is 5. The minimum absolute atomic E-state index is 0.0569. The highest BCUT2D eigenvalue weighted by Crippen LogP contribution is 2.29. The number of pyridine rings is 1. The van der Waals surface area contributed by atoms with E-state index in [1.165, 1.54) is 23.6 Å². The number of nitrogens with one attached hydrogen (secondary N) is 1. The van der Waals surface area contributed by atoms with E-state index in [9.17, 15) is 13.5 Å². The molecule has 1 unspecified atom stereocenters. The summed E-state index contributed by atoms with van der Waals surface area (Å²) in [5, 5.41) is 11.2. The van der Waals surface area contributed by atoms with Crippen molar-refractivity contribution in [3.63, 3.8) is 0 Å². The molecule has 2 heterocycles. The average molecular weight is 334 g/mol. The summed E-state index contributed by atoms with van der Waals surface area (Å²) in [4.78, 5) is 4.53. The molecule has 7 heteroatoms. The lowest BCUT2D eigenvalue weighted by molar-refractivity contribution is 0.186. The SMILES string of the molecule is O=S(=O)(NCC(O)c1cc2ccccc2s1)c1ccccn1. The molecule has 2 N–H and O–H groups in total. The van der Waals surface area contributed by atoms with Crippen LogP contribution in [0.5, 0.6) is 0 Å². The lowest BCUT2D eigenvalue weighted by atomic mass is 10.2. The number of benzene rings is 1. The van der Waals surface area contributed by atoms with Crippen LogP contribution in [0.1, 0.15) is 11.0 Å². The van der Waals surface area contributed by atoms with Crippen LogP contribution in [0.15, 0.2) is 59.8 Å². The highest BCUT2D eigenvalue weighted by Gasteiger charge is 2.18. The number of rotatable bonds is 5. The minimum Gasteiger partial charge on any atom is -0.386 e. The van der Waals surface area contributed by atoms with Gasteiger partial charge in [-0.3, -0.25) is 0 Å². The topological polar surface area (TPSA) is 79.3 Å². The number of fused-ring (bicyclic) bond motifs is 1. The molecule has 1 aromatic carbocycles. The third-order valence-corrected chi connectivity index (χ3v) is 5.71. The van der Waals surface area contributed by atoms with Gasteiger partial charge < -0.3 is 5.11 Å². The summed E-state index contributed by atoms with van der Waals surface area (Å²) in [7, 11) is -3.71. The van der Waals surface area contributed by atoms with Crippen molar-refractivity contribution in [1.29, 1.82) is 0 Å². The Balaban J connectivity index is 1.73. The molecule has 1 atom stereocenters. The van der Waals surface area contributed by atoms with Crippen LogP contribution in [0.2, 0.25) is 0 Å². The van der Waals surface area contributed by atoms with E-state index >= 15 is 0 Å². The molecule has 0 spiro atoms. The summed E-state index contributed by atoms with van der Waals surface area (Å²) in [5.74, 6) is 0. The number of aliphatic hydroxyl groups excluding tert-OH is 1. The lowest BCUT2D eigenvalue weighted by Gasteiger charge is -2.10. The zero-order valence-corrected chi connectivity index (χ0v) is 13.1. The first kappa shape index (κ1) is 15.1. The van der Waals surface area contributed by atoms with Gasteiger partial charge in [-0.2, -0.15) is 0 Å². The molecule has 0 radical (unpaired) electrons. The molecule has 2 aromatic heterocycles. The van der Waals surface area contributed by atoms with Crippen molar-refractivity contribution in [3.8, 4) is 0 Å². The maximum atomic E-state index is 12.1. The first-order valence-corrected chi connectivity index (χ1v) is 8.93. The Morgan fingerprint density at radius 2 is 1.95 bits per heavy atom. The summed E-state index contributed by atoms with van der Waals surface area (Å²) in [5.41, 5.74) is 0. The molecule has 22 heavy (non-hydrogen) atoms. The summed E-state index contributed by atoms with van der Waals surface area (Å²) in [6.07, 6.45) is 0.521. The third kappa shape index (κ3) is 3.17. The Kier molecular flexibility index (Phi) is 4.21. The van der Waals surface area contributed by atoms with Crippen molar-refractivity contribution in [1.82, 2.24) is 9.71 Å². The molecule has 0 saturated carbocycles. The Morgan fingerprint density at radius 1 is 1.18 bits per heavy atom. The molecule has 114 valence electrons. The van der Waals surface area contributed by atoms with Crippen LogP contribution in [0, 0.1) is 0 Å². The zero-order valence-electron chi connectivity index (χ0n) is 11.5. The van der Waals surface area contributed by atoms with Gasteiger partial charge in [-0.1, -0.05) is 24.3 Å². The number of aliphatic hydroxyl groups is 1. The van der Waals surface area contributed by atoms with E-state index in [0.29, 0.717) is 0 Å². The van der Waals surface area contributed by atoms with Gasteiger partial charge in [0.05, 0.1) is 0 Å². The predicted octanol–water partition coefficient (Wildman–Crippen LogP) is 2.31. The minimum atomic E-state index is -3.71. The summed E-state index contributed by atoms with van der Waals surface area (Å²) >= 11 is 1.45. The summed E-state index contributed by atoms with van der Waals surface area (Å²) in [6, 6.07) is 14.3. The standard InChI is InChI=1S/C15H14N2O3S2/c18-12(14-9-11-5-1-2-6-13(11)21-14)10-17-22(19,20)15-7-3-4-8-16-15/h1-9,12,17-18H,10H2. The number of aromatic nitrogens is 1. The second-order valence-corrected chi connectivity index (χ2v) is 7.55. The van der Waals surface area contributed by atoms with Crippen LogP contribution in [-0.2, 0) is 10.0 Å². The Hall–Kier alpha value is -1.80. The summed E-state index contributed by atoms with van der Waals surface area (Å²) < 4.78 is 27.6. The number of sulfonamides is 1.